The number of aliphatic carboxylic acids is 2. The number of alkyl carbamates (subject to hydrolysis) is 1. The molecule has 0 fully saturated rings. The van der Waals surface area contributed by atoms with Crippen LogP contribution >= 0.6 is 11.8 Å². The van der Waals surface area contributed by atoms with Crippen molar-refractivity contribution in [2.45, 2.75) is 84.3 Å². The predicted octanol–water partition coefficient (Wildman–Crippen LogP) is 0.934. The van der Waals surface area contributed by atoms with Crippen LogP contribution in [0, 0.1) is 0 Å². The molecular formula is C20H35N3O9S. The van der Waals surface area contributed by atoms with Gasteiger partial charge in [0, 0.05) is 19.1 Å². The number of carbonyl (C=O) groups is 5. The standard InChI is InChI=1S/C20H35N3O9S/c1-11(24)21-10-33-9-13(16(26)27)22-15(25)12(23-18(30)32-20(5,6)7)8-14(17(28)29)31-19(2,3)4/h12-14H,8-10H2,1-7H3,(H,21,24)(H,22,25)(H,23,30)(H,26,27)(H,28,29)/t12-,13-,14?/m0/s1. The van der Waals surface area contributed by atoms with Crippen LogP contribution in [-0.2, 0) is 28.7 Å². The van der Waals surface area contributed by atoms with Crippen molar-refractivity contribution in [1.29, 1.82) is 0 Å². The predicted molar refractivity (Wildman–Crippen MR) is 121 cm³/mol. The average Bonchev–Trinajstić information content (AvgIpc) is 2.59. The zero-order valence-electron chi connectivity index (χ0n) is 20.0. The van der Waals surface area contributed by atoms with Crippen LogP contribution < -0.4 is 16.0 Å². The van der Waals surface area contributed by atoms with Gasteiger partial charge in [0.25, 0.3) is 0 Å². The average molecular weight is 494 g/mol. The van der Waals surface area contributed by atoms with Crippen LogP contribution in [0.5, 0.6) is 0 Å². The number of carboxylic acids is 2. The van der Waals surface area contributed by atoms with Crippen molar-refractivity contribution in [3.05, 3.63) is 0 Å². The minimum Gasteiger partial charge on any atom is -0.480 e. The molecule has 0 aliphatic heterocycles. The minimum absolute atomic E-state index is 0.0820. The van der Waals surface area contributed by atoms with E-state index in [1.165, 1.54) is 6.92 Å². The normalized spacial score (nSPS) is 14.4. The van der Waals surface area contributed by atoms with Gasteiger partial charge in [-0.1, -0.05) is 0 Å². The minimum atomic E-state index is -1.46. The summed E-state index contributed by atoms with van der Waals surface area (Å²) in [6.07, 6.45) is -2.91. The molecule has 0 aliphatic rings. The lowest BCUT2D eigenvalue weighted by molar-refractivity contribution is -0.161. The number of thioether (sulfide) groups is 1. The third-order valence-electron chi connectivity index (χ3n) is 3.55. The van der Waals surface area contributed by atoms with Crippen molar-refractivity contribution < 1.29 is 43.7 Å². The van der Waals surface area contributed by atoms with Gasteiger partial charge in [0.2, 0.25) is 11.8 Å². The second kappa shape index (κ2) is 13.2. The molecule has 5 N–H and O–H groups in total. The Balaban J connectivity index is 5.53. The van der Waals surface area contributed by atoms with Gasteiger partial charge in [-0.05, 0) is 41.5 Å². The number of hydrogen-bond acceptors (Lipinski definition) is 8. The molecule has 0 saturated heterocycles. The summed E-state index contributed by atoms with van der Waals surface area (Å²) in [6.45, 7) is 11.0. The largest absolute Gasteiger partial charge is 0.480 e. The van der Waals surface area contributed by atoms with E-state index in [1.54, 1.807) is 41.5 Å². The summed E-state index contributed by atoms with van der Waals surface area (Å²) >= 11 is 1.06. The summed E-state index contributed by atoms with van der Waals surface area (Å²) in [6, 6.07) is -2.81. The second-order valence-electron chi connectivity index (χ2n) is 9.14. The van der Waals surface area contributed by atoms with Gasteiger partial charge in [-0.2, -0.15) is 0 Å². The van der Waals surface area contributed by atoms with Crippen LogP contribution in [0.3, 0.4) is 0 Å². The van der Waals surface area contributed by atoms with E-state index in [0.717, 1.165) is 11.8 Å². The van der Waals surface area contributed by atoms with E-state index in [9.17, 15) is 34.2 Å². The monoisotopic (exact) mass is 493 g/mol. The summed E-state index contributed by atoms with van der Waals surface area (Å²) in [4.78, 5) is 59.3. The van der Waals surface area contributed by atoms with Crippen LogP contribution in [0.15, 0.2) is 0 Å². The van der Waals surface area contributed by atoms with Crippen molar-refractivity contribution in [3.8, 4) is 0 Å². The van der Waals surface area contributed by atoms with E-state index in [2.05, 4.69) is 16.0 Å². The van der Waals surface area contributed by atoms with Crippen molar-refractivity contribution >= 4 is 41.6 Å². The quantitative estimate of drug-likeness (QED) is 0.194. The summed E-state index contributed by atoms with van der Waals surface area (Å²) in [7, 11) is 0. The van der Waals surface area contributed by atoms with Crippen LogP contribution in [0.2, 0.25) is 0 Å². The summed E-state index contributed by atoms with van der Waals surface area (Å²) in [5.74, 6) is -3.85. The molecule has 190 valence electrons. The molecule has 0 aromatic carbocycles. The number of nitrogens with one attached hydrogen (secondary N) is 3. The number of rotatable bonds is 12. The molecule has 0 bridgehead atoms. The van der Waals surface area contributed by atoms with E-state index >= 15 is 0 Å². The van der Waals surface area contributed by atoms with Gasteiger partial charge in [0.15, 0.2) is 6.10 Å². The van der Waals surface area contributed by atoms with Crippen molar-refractivity contribution in [2.24, 2.45) is 0 Å². The van der Waals surface area contributed by atoms with Gasteiger partial charge >= 0.3 is 18.0 Å². The molecule has 0 heterocycles. The fourth-order valence-electron chi connectivity index (χ4n) is 2.30. The fraction of sp³-hybridized carbons (Fsp3) is 0.750. The Hall–Kier alpha value is -2.54. The van der Waals surface area contributed by atoms with Gasteiger partial charge in [-0.25, -0.2) is 14.4 Å². The number of carboxylic acid groups (broad SMARTS) is 2. The molecule has 1 unspecified atom stereocenters. The second-order valence-corrected chi connectivity index (χ2v) is 10.2. The Labute approximate surface area is 197 Å². The van der Waals surface area contributed by atoms with E-state index in [-0.39, 0.29) is 17.5 Å². The Morgan fingerprint density at radius 1 is 0.879 bits per heavy atom. The van der Waals surface area contributed by atoms with Gasteiger partial charge in [0.05, 0.1) is 11.5 Å². The summed E-state index contributed by atoms with van der Waals surface area (Å²) < 4.78 is 10.6. The first-order chi connectivity index (χ1) is 14.9. The highest BCUT2D eigenvalue weighted by Crippen LogP contribution is 2.16. The highest BCUT2D eigenvalue weighted by atomic mass is 32.2. The summed E-state index contributed by atoms with van der Waals surface area (Å²) in [5, 5.41) is 26.0. The maximum atomic E-state index is 12.9. The van der Waals surface area contributed by atoms with Crippen molar-refractivity contribution in [3.63, 3.8) is 0 Å². The molecule has 3 atom stereocenters. The smallest absolute Gasteiger partial charge is 0.408 e. The molecular weight excluding hydrogens is 458 g/mol. The lowest BCUT2D eigenvalue weighted by Crippen LogP contribution is -2.55. The Kier molecular flexibility index (Phi) is 12.2. The zero-order chi connectivity index (χ0) is 26.0. The van der Waals surface area contributed by atoms with Gasteiger partial charge in [0.1, 0.15) is 17.7 Å². The lowest BCUT2D eigenvalue weighted by Gasteiger charge is -2.29. The number of hydrogen-bond donors (Lipinski definition) is 5. The van der Waals surface area contributed by atoms with E-state index in [4.69, 9.17) is 9.47 Å². The van der Waals surface area contributed by atoms with Gasteiger partial charge in [-0.3, -0.25) is 9.59 Å². The third kappa shape index (κ3) is 15.0. The molecule has 0 saturated carbocycles. The van der Waals surface area contributed by atoms with Crippen LogP contribution in [0.4, 0.5) is 4.79 Å². The molecule has 0 spiro atoms. The topological polar surface area (TPSA) is 180 Å². The van der Waals surface area contributed by atoms with E-state index in [1.807, 2.05) is 0 Å². The highest BCUT2D eigenvalue weighted by molar-refractivity contribution is 7.99. The first-order valence-electron chi connectivity index (χ1n) is 10.2. The van der Waals surface area contributed by atoms with Crippen molar-refractivity contribution in [2.75, 3.05) is 11.6 Å². The Bertz CT molecular complexity index is 717. The summed E-state index contributed by atoms with van der Waals surface area (Å²) in [5.41, 5.74) is -1.75. The van der Waals surface area contributed by atoms with Crippen LogP contribution in [0.25, 0.3) is 0 Å². The first-order valence-corrected chi connectivity index (χ1v) is 11.3. The SMILES string of the molecule is CC(=O)NCSC[C@H](NC(=O)[C@H](CC(OC(C)(C)C)C(=O)O)NC(=O)OC(C)(C)C)C(=O)O. The maximum absolute atomic E-state index is 12.9. The first kappa shape index (κ1) is 30.5. The van der Waals surface area contributed by atoms with Crippen LogP contribution in [-0.4, -0.2) is 81.1 Å². The van der Waals surface area contributed by atoms with Gasteiger partial charge < -0.3 is 35.6 Å². The van der Waals surface area contributed by atoms with E-state index in [0.29, 0.717) is 0 Å². The highest BCUT2D eigenvalue weighted by Gasteiger charge is 2.34. The molecule has 0 aromatic rings. The molecule has 12 nitrogen and oxygen atoms in total. The molecule has 3 amide bonds. The zero-order valence-corrected chi connectivity index (χ0v) is 20.8. The molecule has 33 heavy (non-hydrogen) atoms. The molecule has 0 aliphatic carbocycles. The number of carbonyl (C=O) groups excluding carboxylic acids is 3. The Morgan fingerprint density at radius 3 is 1.88 bits per heavy atom. The Morgan fingerprint density at radius 2 is 1.45 bits per heavy atom. The number of amides is 3. The molecule has 0 radical (unpaired) electrons. The molecule has 13 heteroatoms. The van der Waals surface area contributed by atoms with Gasteiger partial charge in [-0.15, -0.1) is 11.8 Å². The molecule has 0 aromatic heterocycles. The van der Waals surface area contributed by atoms with Crippen LogP contribution in [0.1, 0.15) is 54.9 Å². The third-order valence-corrected chi connectivity index (χ3v) is 4.47. The lowest BCUT2D eigenvalue weighted by atomic mass is 10.1. The van der Waals surface area contributed by atoms with E-state index < -0.39 is 59.7 Å². The van der Waals surface area contributed by atoms with Crippen molar-refractivity contribution in [1.82, 2.24) is 16.0 Å². The molecule has 0 rings (SSSR count). The maximum Gasteiger partial charge on any atom is 0.408 e. The number of ether oxygens (including phenoxy) is 2. The fourth-order valence-corrected chi connectivity index (χ4v) is 3.18.